The third kappa shape index (κ3) is 2.24. The summed E-state index contributed by atoms with van der Waals surface area (Å²) in [5, 5.41) is 0. The predicted molar refractivity (Wildman–Crippen MR) is 71.6 cm³/mol. The molecular weight excluding hydrogens is 226 g/mol. The molecule has 1 aliphatic heterocycles. The highest BCUT2D eigenvalue weighted by Crippen LogP contribution is 2.23. The first-order valence-electron chi connectivity index (χ1n) is 6.26. The van der Waals surface area contributed by atoms with Crippen molar-refractivity contribution in [1.82, 2.24) is 9.88 Å². The van der Waals surface area contributed by atoms with E-state index in [1.807, 2.05) is 18.3 Å². The van der Waals surface area contributed by atoms with E-state index in [0.29, 0.717) is 0 Å². The summed E-state index contributed by atoms with van der Waals surface area (Å²) in [5.74, 6) is 0.825. The average molecular weight is 243 g/mol. The molecule has 0 amide bonds. The topological polar surface area (TPSA) is 32.5 Å². The van der Waals surface area contributed by atoms with Gasteiger partial charge >= 0.3 is 0 Å². The summed E-state index contributed by atoms with van der Waals surface area (Å²) in [6, 6.07) is 8.00. The first-order chi connectivity index (χ1) is 8.83. The monoisotopic (exact) mass is 243 g/mol. The van der Waals surface area contributed by atoms with E-state index < -0.39 is 0 Å². The number of nitrogens with zero attached hydrogens (tertiary/aromatic N) is 3. The van der Waals surface area contributed by atoms with Crippen molar-refractivity contribution in [2.24, 2.45) is 0 Å². The number of furan rings is 1. The lowest BCUT2D eigenvalue weighted by atomic mass is 10.2. The Balaban J connectivity index is 1.83. The Bertz CT molecular complexity index is 502. The van der Waals surface area contributed by atoms with Gasteiger partial charge in [0.25, 0.3) is 0 Å². The summed E-state index contributed by atoms with van der Waals surface area (Å²) in [4.78, 5) is 9.11. The van der Waals surface area contributed by atoms with Crippen LogP contribution in [0.3, 0.4) is 0 Å². The second-order valence-corrected chi connectivity index (χ2v) is 4.67. The maximum absolute atomic E-state index is 5.39. The molecule has 3 heterocycles. The lowest BCUT2D eigenvalue weighted by molar-refractivity contribution is 0.313. The Morgan fingerprint density at radius 2 is 2.00 bits per heavy atom. The fraction of sp³-hybridized carbons (Fsp3) is 0.357. The summed E-state index contributed by atoms with van der Waals surface area (Å²) in [6.45, 7) is 4.35. The highest BCUT2D eigenvalue weighted by Gasteiger charge is 2.15. The Labute approximate surface area is 107 Å². The summed E-state index contributed by atoms with van der Waals surface area (Å²) in [7, 11) is 2.16. The van der Waals surface area contributed by atoms with Crippen molar-refractivity contribution in [2.45, 2.75) is 0 Å². The first kappa shape index (κ1) is 11.3. The molecule has 0 unspecified atom stereocenters. The van der Waals surface area contributed by atoms with Gasteiger partial charge in [-0.25, -0.2) is 0 Å². The van der Waals surface area contributed by atoms with Gasteiger partial charge in [-0.05, 0) is 31.3 Å². The zero-order valence-electron chi connectivity index (χ0n) is 10.5. The first-order valence-corrected chi connectivity index (χ1v) is 6.26. The van der Waals surface area contributed by atoms with Gasteiger partial charge in [-0.1, -0.05) is 0 Å². The van der Waals surface area contributed by atoms with Crippen molar-refractivity contribution in [3.8, 4) is 11.5 Å². The van der Waals surface area contributed by atoms with Crippen molar-refractivity contribution in [1.29, 1.82) is 0 Å². The molecule has 18 heavy (non-hydrogen) atoms. The standard InChI is InChI=1S/C14H17N3O/c1-16-6-8-17(9-7-16)12-4-5-15-13(11-12)14-3-2-10-18-14/h2-5,10-11H,6-9H2,1H3. The van der Waals surface area contributed by atoms with Crippen LogP contribution in [0.5, 0.6) is 0 Å². The van der Waals surface area contributed by atoms with Crippen LogP contribution in [-0.4, -0.2) is 43.1 Å². The van der Waals surface area contributed by atoms with Crippen molar-refractivity contribution in [2.75, 3.05) is 38.1 Å². The molecule has 4 heteroatoms. The lowest BCUT2D eigenvalue weighted by Crippen LogP contribution is -2.44. The SMILES string of the molecule is CN1CCN(c2ccnc(-c3ccco3)c2)CC1. The van der Waals surface area contributed by atoms with E-state index in [9.17, 15) is 0 Å². The summed E-state index contributed by atoms with van der Waals surface area (Å²) in [6.07, 6.45) is 3.53. The van der Waals surface area contributed by atoms with Gasteiger partial charge in [0.2, 0.25) is 0 Å². The van der Waals surface area contributed by atoms with Crippen LogP contribution in [0.25, 0.3) is 11.5 Å². The summed E-state index contributed by atoms with van der Waals surface area (Å²) < 4.78 is 5.39. The fourth-order valence-corrected chi connectivity index (χ4v) is 2.24. The van der Waals surface area contributed by atoms with E-state index in [1.165, 1.54) is 5.69 Å². The molecule has 0 saturated carbocycles. The van der Waals surface area contributed by atoms with Crippen LogP contribution in [0.4, 0.5) is 5.69 Å². The Morgan fingerprint density at radius 1 is 1.17 bits per heavy atom. The molecule has 0 N–H and O–H groups in total. The van der Waals surface area contributed by atoms with Crippen LogP contribution in [-0.2, 0) is 0 Å². The zero-order valence-corrected chi connectivity index (χ0v) is 10.5. The Hall–Kier alpha value is -1.81. The van der Waals surface area contributed by atoms with Crippen molar-refractivity contribution < 1.29 is 4.42 Å². The average Bonchev–Trinajstić information content (AvgIpc) is 2.94. The predicted octanol–water partition coefficient (Wildman–Crippen LogP) is 2.09. The molecule has 1 fully saturated rings. The molecule has 0 aromatic carbocycles. The fourth-order valence-electron chi connectivity index (χ4n) is 2.24. The zero-order chi connectivity index (χ0) is 12.4. The third-order valence-corrected chi connectivity index (χ3v) is 3.39. The second kappa shape index (κ2) is 4.82. The molecule has 2 aromatic heterocycles. The molecule has 1 aliphatic rings. The summed E-state index contributed by atoms with van der Waals surface area (Å²) in [5.41, 5.74) is 2.13. The smallest absolute Gasteiger partial charge is 0.152 e. The number of aromatic nitrogens is 1. The molecule has 1 saturated heterocycles. The Kier molecular flexibility index (Phi) is 3.02. The minimum atomic E-state index is 0.825. The highest BCUT2D eigenvalue weighted by atomic mass is 16.3. The molecule has 0 atom stereocenters. The molecule has 0 bridgehead atoms. The molecular formula is C14H17N3O. The molecule has 2 aromatic rings. The molecule has 0 radical (unpaired) electrons. The van der Waals surface area contributed by atoms with Gasteiger partial charge in [-0.2, -0.15) is 0 Å². The molecule has 0 aliphatic carbocycles. The number of hydrogen-bond acceptors (Lipinski definition) is 4. The van der Waals surface area contributed by atoms with E-state index in [4.69, 9.17) is 4.42 Å². The van der Waals surface area contributed by atoms with Gasteiger partial charge < -0.3 is 14.2 Å². The number of pyridine rings is 1. The van der Waals surface area contributed by atoms with Crippen LogP contribution >= 0.6 is 0 Å². The lowest BCUT2D eigenvalue weighted by Gasteiger charge is -2.34. The largest absolute Gasteiger partial charge is 0.463 e. The van der Waals surface area contributed by atoms with Gasteiger partial charge in [-0.15, -0.1) is 0 Å². The van der Waals surface area contributed by atoms with E-state index in [-0.39, 0.29) is 0 Å². The number of likely N-dealkylation sites (N-methyl/N-ethyl adjacent to an activating group) is 1. The van der Waals surface area contributed by atoms with Crippen molar-refractivity contribution >= 4 is 5.69 Å². The molecule has 0 spiro atoms. The van der Waals surface area contributed by atoms with E-state index >= 15 is 0 Å². The maximum atomic E-state index is 5.39. The van der Waals surface area contributed by atoms with E-state index in [2.05, 4.69) is 34.0 Å². The van der Waals surface area contributed by atoms with E-state index in [1.54, 1.807) is 6.26 Å². The second-order valence-electron chi connectivity index (χ2n) is 4.67. The number of anilines is 1. The van der Waals surface area contributed by atoms with Gasteiger partial charge in [0.15, 0.2) is 5.76 Å². The minimum Gasteiger partial charge on any atom is -0.463 e. The number of hydrogen-bond donors (Lipinski definition) is 0. The highest BCUT2D eigenvalue weighted by molar-refractivity contribution is 5.60. The van der Waals surface area contributed by atoms with E-state index in [0.717, 1.165) is 37.6 Å². The summed E-state index contributed by atoms with van der Waals surface area (Å²) >= 11 is 0. The van der Waals surface area contributed by atoms with Crippen LogP contribution in [0.1, 0.15) is 0 Å². The Morgan fingerprint density at radius 3 is 2.72 bits per heavy atom. The molecule has 4 nitrogen and oxygen atoms in total. The number of piperazine rings is 1. The third-order valence-electron chi connectivity index (χ3n) is 3.39. The molecule has 94 valence electrons. The van der Waals surface area contributed by atoms with Gasteiger partial charge in [0.1, 0.15) is 5.69 Å². The van der Waals surface area contributed by atoms with Gasteiger partial charge in [-0.3, -0.25) is 4.98 Å². The van der Waals surface area contributed by atoms with Crippen LogP contribution < -0.4 is 4.90 Å². The van der Waals surface area contributed by atoms with Gasteiger partial charge in [0.05, 0.1) is 6.26 Å². The van der Waals surface area contributed by atoms with Crippen molar-refractivity contribution in [3.63, 3.8) is 0 Å². The van der Waals surface area contributed by atoms with Gasteiger partial charge in [0, 0.05) is 38.1 Å². The number of rotatable bonds is 2. The van der Waals surface area contributed by atoms with Crippen molar-refractivity contribution in [3.05, 3.63) is 36.7 Å². The minimum absolute atomic E-state index is 0.825. The normalized spacial score (nSPS) is 17.1. The quantitative estimate of drug-likeness (QED) is 0.808. The maximum Gasteiger partial charge on any atom is 0.152 e. The van der Waals surface area contributed by atoms with Crippen LogP contribution in [0.15, 0.2) is 41.1 Å². The molecule has 3 rings (SSSR count). The van der Waals surface area contributed by atoms with Crippen LogP contribution in [0.2, 0.25) is 0 Å². The van der Waals surface area contributed by atoms with Crippen LogP contribution in [0, 0.1) is 0 Å².